The van der Waals surface area contributed by atoms with Gasteiger partial charge in [0, 0.05) is 35.3 Å². The molecule has 0 aliphatic carbocycles. The number of amides is 1. The van der Waals surface area contributed by atoms with Gasteiger partial charge in [-0.25, -0.2) is 8.42 Å². The van der Waals surface area contributed by atoms with Crippen molar-refractivity contribution in [3.8, 4) is 5.75 Å². The molecular weight excluding hydrogens is 467 g/mol. The molecule has 1 fully saturated rings. The first-order valence-corrected chi connectivity index (χ1v) is 10.6. The van der Waals surface area contributed by atoms with Crippen LogP contribution in [0.5, 0.6) is 5.75 Å². The molecule has 26 heavy (non-hydrogen) atoms. The lowest BCUT2D eigenvalue weighted by molar-refractivity contribution is 0.0698. The summed E-state index contributed by atoms with van der Waals surface area (Å²) in [4.78, 5) is 14.5. The predicted molar refractivity (Wildman–Crippen MR) is 107 cm³/mol. The first-order chi connectivity index (χ1) is 12.4. The van der Waals surface area contributed by atoms with E-state index >= 15 is 0 Å². The van der Waals surface area contributed by atoms with Crippen molar-refractivity contribution in [2.24, 2.45) is 0 Å². The third kappa shape index (κ3) is 4.02. The van der Waals surface area contributed by atoms with Crippen LogP contribution in [0, 0.1) is 3.57 Å². The molecule has 0 aromatic heterocycles. The molecule has 2 aromatic carbocycles. The van der Waals surface area contributed by atoms with Crippen LogP contribution in [0.3, 0.4) is 0 Å². The van der Waals surface area contributed by atoms with Crippen molar-refractivity contribution < 1.29 is 17.9 Å². The van der Waals surface area contributed by atoms with Crippen LogP contribution in [0.1, 0.15) is 10.4 Å². The second-order valence-electron chi connectivity index (χ2n) is 5.88. The number of carbonyl (C=O) groups is 1. The van der Waals surface area contributed by atoms with Crippen LogP contribution < -0.4 is 4.74 Å². The minimum atomic E-state index is -3.57. The maximum atomic E-state index is 12.8. The summed E-state index contributed by atoms with van der Waals surface area (Å²) < 4.78 is 33.1. The summed E-state index contributed by atoms with van der Waals surface area (Å²) in [5.74, 6) is 0.541. The summed E-state index contributed by atoms with van der Waals surface area (Å²) in [5, 5.41) is 0. The van der Waals surface area contributed by atoms with Gasteiger partial charge in [0.15, 0.2) is 0 Å². The molecule has 1 aliphatic rings. The van der Waals surface area contributed by atoms with E-state index in [1.807, 2.05) is 12.1 Å². The molecule has 0 radical (unpaired) electrons. The standard InChI is InChI=1S/C18H19IN2O4S/c1-25-16-6-8-17(9-7-16)26(23,24)21-12-10-20(11-13-21)18(22)14-2-4-15(19)5-3-14/h2-9H,10-13H2,1H3. The number of piperazine rings is 1. The molecule has 3 rings (SSSR count). The SMILES string of the molecule is COc1ccc(S(=O)(=O)N2CCN(C(=O)c3ccc(I)cc3)CC2)cc1. The van der Waals surface area contributed by atoms with Crippen molar-refractivity contribution in [1.29, 1.82) is 0 Å². The maximum absolute atomic E-state index is 12.8. The molecule has 0 bridgehead atoms. The summed E-state index contributed by atoms with van der Waals surface area (Å²) in [7, 11) is -2.03. The van der Waals surface area contributed by atoms with Crippen molar-refractivity contribution in [3.05, 3.63) is 57.7 Å². The summed E-state index contributed by atoms with van der Waals surface area (Å²) in [6.07, 6.45) is 0. The quantitative estimate of drug-likeness (QED) is 0.623. The summed E-state index contributed by atoms with van der Waals surface area (Å²) >= 11 is 2.19. The van der Waals surface area contributed by atoms with E-state index in [4.69, 9.17) is 4.74 Å². The van der Waals surface area contributed by atoms with E-state index in [1.54, 1.807) is 29.2 Å². The Morgan fingerprint density at radius 2 is 1.54 bits per heavy atom. The minimum absolute atomic E-state index is 0.0668. The van der Waals surface area contributed by atoms with E-state index < -0.39 is 10.0 Å². The van der Waals surface area contributed by atoms with Gasteiger partial charge in [-0.15, -0.1) is 0 Å². The Kier molecular flexibility index (Phi) is 5.83. The van der Waals surface area contributed by atoms with Gasteiger partial charge in [0.1, 0.15) is 5.75 Å². The predicted octanol–water partition coefficient (Wildman–Crippen LogP) is 2.45. The number of methoxy groups -OCH3 is 1. The fraction of sp³-hybridized carbons (Fsp3) is 0.278. The van der Waals surface area contributed by atoms with Crippen LogP contribution in [0.15, 0.2) is 53.4 Å². The van der Waals surface area contributed by atoms with Gasteiger partial charge in [-0.3, -0.25) is 4.79 Å². The average molecular weight is 486 g/mol. The highest BCUT2D eigenvalue weighted by atomic mass is 127. The van der Waals surface area contributed by atoms with E-state index in [1.165, 1.54) is 23.5 Å². The number of hydrogen-bond donors (Lipinski definition) is 0. The van der Waals surface area contributed by atoms with E-state index in [9.17, 15) is 13.2 Å². The molecule has 1 amide bonds. The monoisotopic (exact) mass is 486 g/mol. The van der Waals surface area contributed by atoms with Gasteiger partial charge in [0.05, 0.1) is 12.0 Å². The molecule has 1 heterocycles. The molecule has 2 aromatic rings. The smallest absolute Gasteiger partial charge is 0.253 e. The Hall–Kier alpha value is -1.65. The van der Waals surface area contributed by atoms with Crippen LogP contribution >= 0.6 is 22.6 Å². The van der Waals surface area contributed by atoms with E-state index in [-0.39, 0.29) is 23.9 Å². The fourth-order valence-electron chi connectivity index (χ4n) is 2.80. The van der Waals surface area contributed by atoms with E-state index in [0.29, 0.717) is 24.4 Å². The topological polar surface area (TPSA) is 66.9 Å². The molecule has 8 heteroatoms. The fourth-order valence-corrected chi connectivity index (χ4v) is 4.59. The zero-order valence-electron chi connectivity index (χ0n) is 14.3. The second-order valence-corrected chi connectivity index (χ2v) is 9.06. The number of halogens is 1. The summed E-state index contributed by atoms with van der Waals surface area (Å²) in [6.45, 7) is 1.31. The van der Waals surface area contributed by atoms with E-state index in [2.05, 4.69) is 22.6 Å². The van der Waals surface area contributed by atoms with Crippen molar-refractivity contribution >= 4 is 38.5 Å². The molecule has 6 nitrogen and oxygen atoms in total. The molecule has 0 unspecified atom stereocenters. The van der Waals surface area contributed by atoms with Gasteiger partial charge in [-0.05, 0) is 71.1 Å². The van der Waals surface area contributed by atoms with E-state index in [0.717, 1.165) is 3.57 Å². The number of rotatable bonds is 4. The first kappa shape index (κ1) is 19.1. The Morgan fingerprint density at radius 1 is 0.962 bits per heavy atom. The van der Waals surface area contributed by atoms with Crippen molar-refractivity contribution in [2.75, 3.05) is 33.3 Å². The van der Waals surface area contributed by atoms with Gasteiger partial charge < -0.3 is 9.64 Å². The largest absolute Gasteiger partial charge is 0.497 e. The Labute approximate surface area is 166 Å². The van der Waals surface area contributed by atoms with Crippen LogP contribution in [0.2, 0.25) is 0 Å². The second kappa shape index (κ2) is 7.93. The molecule has 138 valence electrons. The zero-order chi connectivity index (χ0) is 18.7. The van der Waals surface area contributed by atoms with Crippen LogP contribution in [-0.4, -0.2) is 56.8 Å². The molecule has 0 spiro atoms. The Balaban J connectivity index is 1.67. The van der Waals surface area contributed by atoms with Gasteiger partial charge in [0.25, 0.3) is 5.91 Å². The summed E-state index contributed by atoms with van der Waals surface area (Å²) in [5.41, 5.74) is 0.622. The highest BCUT2D eigenvalue weighted by Crippen LogP contribution is 2.21. The number of hydrogen-bond acceptors (Lipinski definition) is 4. The highest BCUT2D eigenvalue weighted by Gasteiger charge is 2.30. The number of ether oxygens (including phenoxy) is 1. The molecule has 0 saturated carbocycles. The molecule has 0 N–H and O–H groups in total. The number of sulfonamides is 1. The highest BCUT2D eigenvalue weighted by molar-refractivity contribution is 14.1. The number of benzene rings is 2. The summed E-state index contributed by atoms with van der Waals surface area (Å²) in [6, 6.07) is 13.7. The van der Waals surface area contributed by atoms with Gasteiger partial charge in [-0.1, -0.05) is 0 Å². The average Bonchev–Trinajstić information content (AvgIpc) is 2.68. The van der Waals surface area contributed by atoms with Gasteiger partial charge in [-0.2, -0.15) is 4.31 Å². The third-order valence-corrected chi connectivity index (χ3v) is 6.95. The van der Waals surface area contributed by atoms with Crippen molar-refractivity contribution in [1.82, 2.24) is 9.21 Å². The number of nitrogens with zero attached hydrogens (tertiary/aromatic N) is 2. The zero-order valence-corrected chi connectivity index (χ0v) is 17.2. The van der Waals surface area contributed by atoms with Gasteiger partial charge in [0.2, 0.25) is 10.0 Å². The molecule has 1 saturated heterocycles. The molecule has 0 atom stereocenters. The molecular formula is C18H19IN2O4S. The van der Waals surface area contributed by atoms with Crippen LogP contribution in [0.25, 0.3) is 0 Å². The van der Waals surface area contributed by atoms with Gasteiger partial charge >= 0.3 is 0 Å². The lowest BCUT2D eigenvalue weighted by Crippen LogP contribution is -2.50. The first-order valence-electron chi connectivity index (χ1n) is 8.11. The Morgan fingerprint density at radius 3 is 2.08 bits per heavy atom. The molecule has 1 aliphatic heterocycles. The Bertz CT molecular complexity index is 874. The lowest BCUT2D eigenvalue weighted by Gasteiger charge is -2.34. The normalized spacial score (nSPS) is 15.7. The third-order valence-electron chi connectivity index (χ3n) is 4.31. The van der Waals surface area contributed by atoms with Crippen molar-refractivity contribution in [2.45, 2.75) is 4.90 Å². The van der Waals surface area contributed by atoms with Crippen LogP contribution in [0.4, 0.5) is 0 Å². The minimum Gasteiger partial charge on any atom is -0.497 e. The maximum Gasteiger partial charge on any atom is 0.253 e. The van der Waals surface area contributed by atoms with Crippen LogP contribution in [-0.2, 0) is 10.0 Å². The number of carbonyl (C=O) groups excluding carboxylic acids is 1. The van der Waals surface area contributed by atoms with Crippen molar-refractivity contribution in [3.63, 3.8) is 0 Å². The lowest BCUT2D eigenvalue weighted by atomic mass is 10.2.